The second-order valence-electron chi connectivity index (χ2n) is 4.30. The van der Waals surface area contributed by atoms with Crippen molar-refractivity contribution in [2.24, 2.45) is 0 Å². The third-order valence-corrected chi connectivity index (χ3v) is 2.56. The number of hydrogen-bond donors (Lipinski definition) is 3. The fourth-order valence-electron chi connectivity index (χ4n) is 1.54. The minimum absolute atomic E-state index is 0.0469. The van der Waals surface area contributed by atoms with Crippen molar-refractivity contribution < 1.29 is 27.9 Å². The summed E-state index contributed by atoms with van der Waals surface area (Å²) in [6.07, 6.45) is -4.20. The fourth-order valence-corrected chi connectivity index (χ4v) is 1.54. The first-order chi connectivity index (χ1) is 9.79. The molecule has 0 unspecified atom stereocenters. The summed E-state index contributed by atoms with van der Waals surface area (Å²) in [6, 6.07) is 4.10. The number of carboxylic acid groups (broad SMARTS) is 1. The van der Waals surface area contributed by atoms with Crippen molar-refractivity contribution in [3.63, 3.8) is 0 Å². The van der Waals surface area contributed by atoms with Crippen molar-refractivity contribution in [1.29, 1.82) is 0 Å². The molecule has 0 spiro atoms. The Balaban J connectivity index is 2.38. The van der Waals surface area contributed by atoms with Gasteiger partial charge >= 0.3 is 18.2 Å². The summed E-state index contributed by atoms with van der Waals surface area (Å²) in [5, 5.41) is 13.2. The molecule has 0 atom stereocenters. The van der Waals surface area contributed by atoms with Crippen LogP contribution in [-0.2, 0) is 17.5 Å². The van der Waals surface area contributed by atoms with Crippen molar-refractivity contribution in [1.82, 2.24) is 10.6 Å². The molecule has 3 N–H and O–H groups in total. The molecular weight excluding hydrogens is 289 g/mol. The molecule has 0 fully saturated rings. The zero-order valence-electron chi connectivity index (χ0n) is 11.0. The van der Waals surface area contributed by atoms with Crippen LogP contribution < -0.4 is 10.6 Å². The van der Waals surface area contributed by atoms with E-state index in [0.29, 0.717) is 5.56 Å². The van der Waals surface area contributed by atoms with E-state index in [-0.39, 0.29) is 25.9 Å². The Labute approximate surface area is 119 Å². The molecule has 0 aliphatic carbocycles. The molecule has 8 heteroatoms. The highest BCUT2D eigenvalue weighted by Gasteiger charge is 2.30. The Morgan fingerprint density at radius 2 is 1.90 bits per heavy atom. The number of urea groups is 1. The molecule has 0 aliphatic heterocycles. The number of carboxylic acids is 1. The second-order valence-corrected chi connectivity index (χ2v) is 4.30. The lowest BCUT2D eigenvalue weighted by Gasteiger charge is -2.10. The van der Waals surface area contributed by atoms with Crippen LogP contribution in [-0.4, -0.2) is 23.7 Å². The molecule has 0 heterocycles. The zero-order valence-corrected chi connectivity index (χ0v) is 11.0. The first kappa shape index (κ1) is 16.8. The van der Waals surface area contributed by atoms with Crippen molar-refractivity contribution in [2.45, 2.75) is 25.6 Å². The number of carbonyl (C=O) groups excluding carboxylic acids is 1. The van der Waals surface area contributed by atoms with Gasteiger partial charge in [-0.2, -0.15) is 13.2 Å². The molecule has 21 heavy (non-hydrogen) atoms. The monoisotopic (exact) mass is 304 g/mol. The van der Waals surface area contributed by atoms with Crippen LogP contribution in [0.25, 0.3) is 0 Å². The predicted molar refractivity (Wildman–Crippen MR) is 68.6 cm³/mol. The number of nitrogens with one attached hydrogen (secondary N) is 2. The fraction of sp³-hybridized carbons (Fsp3) is 0.385. The average molecular weight is 304 g/mol. The van der Waals surface area contributed by atoms with Crippen LogP contribution in [0.2, 0.25) is 0 Å². The Hall–Kier alpha value is -2.25. The Kier molecular flexibility index (Phi) is 6.01. The van der Waals surface area contributed by atoms with E-state index >= 15 is 0 Å². The number of aliphatic carboxylic acids is 1. The van der Waals surface area contributed by atoms with E-state index in [0.717, 1.165) is 12.1 Å². The van der Waals surface area contributed by atoms with Crippen LogP contribution in [0.1, 0.15) is 24.0 Å². The third kappa shape index (κ3) is 6.64. The standard InChI is InChI=1S/C13H15F3N2O3/c14-13(15,16)10-4-1-3-9(7-10)8-18-12(21)17-6-2-5-11(19)20/h1,3-4,7H,2,5-6,8H2,(H,19,20)(H2,17,18,21). The van der Waals surface area contributed by atoms with Gasteiger partial charge in [-0.15, -0.1) is 0 Å². The first-order valence-electron chi connectivity index (χ1n) is 6.18. The summed E-state index contributed by atoms with van der Waals surface area (Å²) < 4.78 is 37.5. The van der Waals surface area contributed by atoms with Gasteiger partial charge in [-0.05, 0) is 24.1 Å². The summed E-state index contributed by atoms with van der Waals surface area (Å²) >= 11 is 0. The maximum atomic E-state index is 12.5. The number of benzene rings is 1. The topological polar surface area (TPSA) is 78.4 Å². The normalized spacial score (nSPS) is 11.0. The van der Waals surface area contributed by atoms with E-state index in [4.69, 9.17) is 5.11 Å². The van der Waals surface area contributed by atoms with E-state index in [1.54, 1.807) is 0 Å². The molecule has 0 aliphatic rings. The maximum Gasteiger partial charge on any atom is 0.416 e. The molecule has 116 valence electrons. The summed E-state index contributed by atoms with van der Waals surface area (Å²) in [7, 11) is 0. The highest BCUT2D eigenvalue weighted by atomic mass is 19.4. The number of hydrogen-bond acceptors (Lipinski definition) is 2. The van der Waals surface area contributed by atoms with E-state index in [2.05, 4.69) is 10.6 Å². The molecule has 0 bridgehead atoms. The van der Waals surface area contributed by atoms with Gasteiger partial charge in [0.1, 0.15) is 0 Å². The highest BCUT2D eigenvalue weighted by molar-refractivity contribution is 5.73. The molecule has 0 radical (unpaired) electrons. The van der Waals surface area contributed by atoms with Gasteiger partial charge in [0.25, 0.3) is 0 Å². The molecule has 5 nitrogen and oxygen atoms in total. The molecule has 1 rings (SSSR count). The Morgan fingerprint density at radius 1 is 1.19 bits per heavy atom. The van der Waals surface area contributed by atoms with Gasteiger partial charge in [-0.3, -0.25) is 4.79 Å². The van der Waals surface area contributed by atoms with Gasteiger partial charge in [-0.25, -0.2) is 4.79 Å². The largest absolute Gasteiger partial charge is 0.481 e. The van der Waals surface area contributed by atoms with E-state index in [1.807, 2.05) is 0 Å². The number of halogens is 3. The number of alkyl halides is 3. The minimum Gasteiger partial charge on any atom is -0.481 e. The van der Waals surface area contributed by atoms with Crippen LogP contribution in [0.3, 0.4) is 0 Å². The summed E-state index contributed by atoms with van der Waals surface area (Å²) in [4.78, 5) is 21.6. The van der Waals surface area contributed by atoms with Crippen molar-refractivity contribution in [2.75, 3.05) is 6.54 Å². The van der Waals surface area contributed by atoms with Gasteiger partial charge in [0.05, 0.1) is 5.56 Å². The van der Waals surface area contributed by atoms with Gasteiger partial charge in [0.2, 0.25) is 0 Å². The quantitative estimate of drug-likeness (QED) is 0.706. The molecule has 0 aromatic heterocycles. The third-order valence-electron chi connectivity index (χ3n) is 2.56. The summed E-state index contributed by atoms with van der Waals surface area (Å²) in [5.74, 6) is -0.957. The SMILES string of the molecule is O=C(O)CCCNC(=O)NCc1cccc(C(F)(F)F)c1. The molecule has 1 aromatic carbocycles. The Bertz CT molecular complexity index is 504. The molecule has 0 saturated carbocycles. The maximum absolute atomic E-state index is 12.5. The average Bonchev–Trinajstić information content (AvgIpc) is 2.40. The van der Waals surface area contributed by atoms with Gasteiger partial charge < -0.3 is 15.7 Å². The Morgan fingerprint density at radius 3 is 2.52 bits per heavy atom. The summed E-state index contributed by atoms with van der Waals surface area (Å²) in [5.41, 5.74) is -0.450. The molecule has 1 aromatic rings. The number of carbonyl (C=O) groups is 2. The highest BCUT2D eigenvalue weighted by Crippen LogP contribution is 2.29. The van der Waals surface area contributed by atoms with Gasteiger partial charge in [0.15, 0.2) is 0 Å². The second kappa shape index (κ2) is 7.51. The van der Waals surface area contributed by atoms with Crippen molar-refractivity contribution in [3.05, 3.63) is 35.4 Å². The van der Waals surface area contributed by atoms with Crippen molar-refractivity contribution >= 4 is 12.0 Å². The predicted octanol–water partition coefficient (Wildman–Crippen LogP) is 2.37. The van der Waals surface area contributed by atoms with Crippen LogP contribution in [0.4, 0.5) is 18.0 Å². The lowest BCUT2D eigenvalue weighted by molar-refractivity contribution is -0.138. The lowest BCUT2D eigenvalue weighted by atomic mass is 10.1. The van der Waals surface area contributed by atoms with Crippen LogP contribution in [0.5, 0.6) is 0 Å². The van der Waals surface area contributed by atoms with E-state index < -0.39 is 23.7 Å². The minimum atomic E-state index is -4.42. The first-order valence-corrected chi connectivity index (χ1v) is 6.18. The molecular formula is C13H15F3N2O3. The zero-order chi connectivity index (χ0) is 15.9. The molecule has 0 saturated heterocycles. The lowest BCUT2D eigenvalue weighted by Crippen LogP contribution is -2.35. The smallest absolute Gasteiger partial charge is 0.416 e. The van der Waals surface area contributed by atoms with Crippen LogP contribution in [0.15, 0.2) is 24.3 Å². The van der Waals surface area contributed by atoms with Gasteiger partial charge in [-0.1, -0.05) is 12.1 Å². The number of rotatable bonds is 6. The van der Waals surface area contributed by atoms with Gasteiger partial charge in [0, 0.05) is 19.5 Å². The van der Waals surface area contributed by atoms with E-state index in [9.17, 15) is 22.8 Å². The number of amides is 2. The van der Waals surface area contributed by atoms with Crippen LogP contribution in [0, 0.1) is 0 Å². The summed E-state index contributed by atoms with van der Waals surface area (Å²) in [6.45, 7) is 0.134. The van der Waals surface area contributed by atoms with E-state index in [1.165, 1.54) is 12.1 Å². The van der Waals surface area contributed by atoms with Crippen LogP contribution >= 0.6 is 0 Å². The molecule has 2 amide bonds. The van der Waals surface area contributed by atoms with Crippen molar-refractivity contribution in [3.8, 4) is 0 Å².